The maximum absolute atomic E-state index is 11.9. The van der Waals surface area contributed by atoms with E-state index in [1.165, 1.54) is 7.11 Å². The number of hydrogen-bond acceptors (Lipinski definition) is 5. The molecule has 7 nitrogen and oxygen atoms in total. The number of nitrogens with one attached hydrogen (secondary N) is 2. The summed E-state index contributed by atoms with van der Waals surface area (Å²) in [5.41, 5.74) is 0.963. The van der Waals surface area contributed by atoms with Gasteiger partial charge in [0.1, 0.15) is 6.61 Å². The Balaban J connectivity index is 2.47. The van der Waals surface area contributed by atoms with Crippen LogP contribution in [-0.2, 0) is 19.1 Å². The van der Waals surface area contributed by atoms with Gasteiger partial charge < -0.3 is 20.1 Å². The Labute approximate surface area is 141 Å². The monoisotopic (exact) mass is 336 g/mol. The molecular formula is C17H24N2O5. The highest BCUT2D eigenvalue weighted by molar-refractivity contribution is 5.97. The minimum absolute atomic E-state index is 0.00817. The predicted molar refractivity (Wildman–Crippen MR) is 89.7 cm³/mol. The van der Waals surface area contributed by atoms with Crippen molar-refractivity contribution in [3.05, 3.63) is 29.8 Å². The first-order valence-corrected chi connectivity index (χ1v) is 7.77. The van der Waals surface area contributed by atoms with Gasteiger partial charge in [0.15, 0.2) is 0 Å². The summed E-state index contributed by atoms with van der Waals surface area (Å²) >= 11 is 0. The number of esters is 1. The zero-order valence-corrected chi connectivity index (χ0v) is 14.3. The van der Waals surface area contributed by atoms with Gasteiger partial charge in [-0.3, -0.25) is 14.4 Å². The molecule has 0 aromatic heterocycles. The molecule has 0 aliphatic rings. The molecule has 7 heteroatoms. The third-order valence-electron chi connectivity index (χ3n) is 2.93. The second-order valence-electron chi connectivity index (χ2n) is 5.47. The molecule has 0 spiro atoms. The van der Waals surface area contributed by atoms with E-state index in [4.69, 9.17) is 9.47 Å². The largest absolute Gasteiger partial charge is 0.463 e. The van der Waals surface area contributed by atoms with Crippen molar-refractivity contribution in [3.8, 4) is 0 Å². The van der Waals surface area contributed by atoms with E-state index in [0.717, 1.165) is 0 Å². The van der Waals surface area contributed by atoms with Crippen molar-refractivity contribution in [2.75, 3.05) is 25.6 Å². The second-order valence-corrected chi connectivity index (χ2v) is 5.47. The van der Waals surface area contributed by atoms with Gasteiger partial charge in [0, 0.05) is 30.8 Å². The maximum Gasteiger partial charge on any atom is 0.306 e. The van der Waals surface area contributed by atoms with Crippen LogP contribution in [0, 0.1) is 0 Å². The van der Waals surface area contributed by atoms with Gasteiger partial charge in [-0.2, -0.15) is 0 Å². The number of rotatable bonds is 9. The van der Waals surface area contributed by atoms with Crippen LogP contribution in [0.3, 0.4) is 0 Å². The van der Waals surface area contributed by atoms with Crippen LogP contribution in [0.1, 0.15) is 37.0 Å². The molecule has 0 unspecified atom stereocenters. The molecule has 0 radical (unpaired) electrons. The minimum atomic E-state index is -0.452. The number of ether oxygens (including phenoxy) is 2. The Hall–Kier alpha value is -2.41. The van der Waals surface area contributed by atoms with Gasteiger partial charge in [-0.15, -0.1) is 0 Å². The summed E-state index contributed by atoms with van der Waals surface area (Å²) in [4.78, 5) is 35.2. The highest BCUT2D eigenvalue weighted by atomic mass is 16.6. The topological polar surface area (TPSA) is 93.7 Å². The first-order chi connectivity index (χ1) is 11.4. The van der Waals surface area contributed by atoms with Gasteiger partial charge >= 0.3 is 5.97 Å². The van der Waals surface area contributed by atoms with E-state index in [-0.39, 0.29) is 37.3 Å². The molecule has 0 heterocycles. The average Bonchev–Trinajstić information content (AvgIpc) is 2.53. The standard InChI is InChI=1S/C17H24N2O5/c1-12(2)18-17(22)13-5-4-6-14(11-13)19-15(20)7-8-16(21)24-10-9-23-3/h4-6,11-12H,7-10H2,1-3H3,(H,18,22)(H,19,20). The molecule has 0 bridgehead atoms. The van der Waals surface area contributed by atoms with Gasteiger partial charge in [0.2, 0.25) is 5.91 Å². The number of carbonyl (C=O) groups excluding carboxylic acids is 3. The molecule has 24 heavy (non-hydrogen) atoms. The molecule has 0 saturated heterocycles. The minimum Gasteiger partial charge on any atom is -0.463 e. The molecule has 1 rings (SSSR count). The lowest BCUT2D eigenvalue weighted by Gasteiger charge is -2.10. The van der Waals surface area contributed by atoms with Crippen molar-refractivity contribution in [1.29, 1.82) is 0 Å². The van der Waals surface area contributed by atoms with E-state index in [0.29, 0.717) is 17.9 Å². The van der Waals surface area contributed by atoms with E-state index >= 15 is 0 Å². The predicted octanol–water partition coefficient (Wildman–Crippen LogP) is 1.73. The van der Waals surface area contributed by atoms with Crippen molar-refractivity contribution in [2.24, 2.45) is 0 Å². The molecule has 2 amide bonds. The summed E-state index contributed by atoms with van der Waals surface area (Å²) in [6.45, 7) is 4.23. The van der Waals surface area contributed by atoms with Crippen LogP contribution in [0.15, 0.2) is 24.3 Å². The lowest BCUT2D eigenvalue weighted by molar-refractivity contribution is -0.145. The van der Waals surface area contributed by atoms with Crippen LogP contribution in [0.4, 0.5) is 5.69 Å². The number of anilines is 1. The fourth-order valence-corrected chi connectivity index (χ4v) is 1.83. The van der Waals surface area contributed by atoms with Crippen LogP contribution >= 0.6 is 0 Å². The molecule has 1 aromatic carbocycles. The maximum atomic E-state index is 11.9. The normalized spacial score (nSPS) is 10.3. The van der Waals surface area contributed by atoms with Gasteiger partial charge in [0.25, 0.3) is 5.91 Å². The fraction of sp³-hybridized carbons (Fsp3) is 0.471. The van der Waals surface area contributed by atoms with Crippen molar-refractivity contribution in [2.45, 2.75) is 32.7 Å². The SMILES string of the molecule is COCCOC(=O)CCC(=O)Nc1cccc(C(=O)NC(C)C)c1. The highest BCUT2D eigenvalue weighted by Gasteiger charge is 2.11. The molecular weight excluding hydrogens is 312 g/mol. The first kappa shape index (κ1) is 19.6. The summed E-state index contributed by atoms with van der Waals surface area (Å²) in [6.07, 6.45) is -0.00267. The molecule has 0 fully saturated rings. The molecule has 132 valence electrons. The second kappa shape index (κ2) is 10.4. The zero-order chi connectivity index (χ0) is 17.9. The number of hydrogen-bond donors (Lipinski definition) is 2. The third kappa shape index (κ3) is 7.73. The van der Waals surface area contributed by atoms with E-state index < -0.39 is 5.97 Å². The Morgan fingerprint density at radius 2 is 1.88 bits per heavy atom. The summed E-state index contributed by atoms with van der Waals surface area (Å²) < 4.78 is 9.64. The molecule has 0 atom stereocenters. The number of carbonyl (C=O) groups is 3. The van der Waals surface area contributed by atoms with E-state index in [2.05, 4.69) is 10.6 Å². The lowest BCUT2D eigenvalue weighted by Crippen LogP contribution is -2.30. The third-order valence-corrected chi connectivity index (χ3v) is 2.93. The van der Waals surface area contributed by atoms with E-state index in [9.17, 15) is 14.4 Å². The molecule has 0 aliphatic heterocycles. The number of methoxy groups -OCH3 is 1. The Morgan fingerprint density at radius 1 is 1.12 bits per heavy atom. The van der Waals surface area contributed by atoms with Crippen LogP contribution in [0.25, 0.3) is 0 Å². The van der Waals surface area contributed by atoms with Gasteiger partial charge in [-0.05, 0) is 32.0 Å². The van der Waals surface area contributed by atoms with Gasteiger partial charge in [-0.1, -0.05) is 6.07 Å². The highest BCUT2D eigenvalue weighted by Crippen LogP contribution is 2.11. The summed E-state index contributed by atoms with van der Waals surface area (Å²) in [5, 5.41) is 5.44. The summed E-state index contributed by atoms with van der Waals surface area (Å²) in [6, 6.07) is 6.65. The Kier molecular flexibility index (Phi) is 8.49. The van der Waals surface area contributed by atoms with Crippen LogP contribution in [-0.4, -0.2) is 44.1 Å². The zero-order valence-electron chi connectivity index (χ0n) is 14.3. The van der Waals surface area contributed by atoms with Crippen LogP contribution in [0.2, 0.25) is 0 Å². The van der Waals surface area contributed by atoms with E-state index in [1.54, 1.807) is 24.3 Å². The number of amides is 2. The fourth-order valence-electron chi connectivity index (χ4n) is 1.83. The van der Waals surface area contributed by atoms with E-state index in [1.807, 2.05) is 13.8 Å². The van der Waals surface area contributed by atoms with Gasteiger partial charge in [0.05, 0.1) is 13.0 Å². The smallest absolute Gasteiger partial charge is 0.306 e. The quantitative estimate of drug-likeness (QED) is 0.529. The molecule has 0 saturated carbocycles. The number of benzene rings is 1. The van der Waals surface area contributed by atoms with Crippen molar-refractivity contribution in [3.63, 3.8) is 0 Å². The molecule has 2 N–H and O–H groups in total. The van der Waals surface area contributed by atoms with Crippen molar-refractivity contribution >= 4 is 23.5 Å². The van der Waals surface area contributed by atoms with Crippen molar-refractivity contribution in [1.82, 2.24) is 5.32 Å². The Morgan fingerprint density at radius 3 is 2.54 bits per heavy atom. The summed E-state index contributed by atoms with van der Waals surface area (Å²) in [5.74, 6) is -0.977. The van der Waals surface area contributed by atoms with Crippen molar-refractivity contribution < 1.29 is 23.9 Å². The van der Waals surface area contributed by atoms with Crippen LogP contribution < -0.4 is 10.6 Å². The Bertz CT molecular complexity index is 572. The van der Waals surface area contributed by atoms with Crippen LogP contribution in [0.5, 0.6) is 0 Å². The molecule has 0 aliphatic carbocycles. The first-order valence-electron chi connectivity index (χ1n) is 7.77. The molecule has 1 aromatic rings. The lowest BCUT2D eigenvalue weighted by atomic mass is 10.1. The average molecular weight is 336 g/mol. The summed E-state index contributed by atoms with van der Waals surface area (Å²) in [7, 11) is 1.51. The van der Waals surface area contributed by atoms with Gasteiger partial charge in [-0.25, -0.2) is 0 Å².